The van der Waals surface area contributed by atoms with E-state index in [4.69, 9.17) is 8.83 Å². The Labute approximate surface area is 210 Å². The summed E-state index contributed by atoms with van der Waals surface area (Å²) in [7, 11) is 0. The lowest BCUT2D eigenvalue weighted by molar-refractivity contribution is 0.579. The summed E-state index contributed by atoms with van der Waals surface area (Å²) in [5.74, 6) is 3.26. The largest absolute Gasteiger partial charge is 0.361 e. The van der Waals surface area contributed by atoms with E-state index in [0.717, 1.165) is 56.4 Å². The molecule has 0 fully saturated rings. The van der Waals surface area contributed by atoms with Gasteiger partial charge in [0.05, 0.1) is 46.5 Å². The Morgan fingerprint density at radius 3 is 0.694 bits per heavy atom. The van der Waals surface area contributed by atoms with Crippen LogP contribution >= 0.6 is 0 Å². The minimum Gasteiger partial charge on any atom is -0.207 e. The van der Waals surface area contributed by atoms with Crippen LogP contribution in [0.1, 0.15) is 0 Å². The minimum atomic E-state index is 0.815. The molecule has 0 amide bonds. The lowest BCUT2D eigenvalue weighted by Gasteiger charge is -2.03. The van der Waals surface area contributed by atoms with Crippen LogP contribution in [0.5, 0.6) is 0 Å². The molecular formula is C34H24O2+2. The average Bonchev–Trinajstić information content (AvgIpc) is 2.98. The van der Waals surface area contributed by atoms with E-state index < -0.39 is 0 Å². The van der Waals surface area contributed by atoms with E-state index in [0.29, 0.717) is 0 Å². The third-order valence-corrected chi connectivity index (χ3v) is 6.15. The van der Waals surface area contributed by atoms with Crippen LogP contribution in [0.15, 0.2) is 154 Å². The Morgan fingerprint density at radius 1 is 0.250 bits per heavy atom. The maximum Gasteiger partial charge on any atom is 0.361 e. The summed E-state index contributed by atoms with van der Waals surface area (Å²) in [6.45, 7) is 0. The van der Waals surface area contributed by atoms with E-state index in [1.807, 2.05) is 72.8 Å². The first kappa shape index (κ1) is 21.7. The fraction of sp³-hybridized carbons (Fsp3) is 0. The second-order valence-electron chi connectivity index (χ2n) is 8.61. The molecule has 0 bridgehead atoms. The molecule has 0 saturated heterocycles. The molecule has 0 atom stereocenters. The lowest BCUT2D eigenvalue weighted by atomic mass is 9.99. The van der Waals surface area contributed by atoms with Crippen molar-refractivity contribution in [2.24, 2.45) is 0 Å². The van der Waals surface area contributed by atoms with Crippen molar-refractivity contribution in [2.75, 3.05) is 0 Å². The Kier molecular flexibility index (Phi) is 5.91. The summed E-state index contributed by atoms with van der Waals surface area (Å²) in [6, 6.07) is 49.3. The maximum absolute atomic E-state index is 6.42. The molecular weight excluding hydrogens is 440 g/mol. The van der Waals surface area contributed by atoms with Gasteiger partial charge in [-0.05, 0) is 48.5 Å². The fourth-order valence-corrected chi connectivity index (χ4v) is 4.32. The van der Waals surface area contributed by atoms with E-state index in [1.54, 1.807) is 0 Å². The average molecular weight is 465 g/mol. The summed E-state index contributed by atoms with van der Waals surface area (Å²) < 4.78 is 12.8. The van der Waals surface area contributed by atoms with Gasteiger partial charge in [0.25, 0.3) is 0 Å². The molecule has 170 valence electrons. The van der Waals surface area contributed by atoms with Crippen molar-refractivity contribution in [1.82, 2.24) is 0 Å². The van der Waals surface area contributed by atoms with Gasteiger partial charge < -0.3 is 0 Å². The van der Waals surface area contributed by atoms with Gasteiger partial charge in [-0.3, -0.25) is 0 Å². The van der Waals surface area contributed by atoms with Crippen LogP contribution in [-0.2, 0) is 0 Å². The zero-order chi connectivity index (χ0) is 24.2. The summed E-state index contributed by atoms with van der Waals surface area (Å²) in [5.41, 5.74) is 6.24. The summed E-state index contributed by atoms with van der Waals surface area (Å²) in [6.07, 6.45) is 0. The molecule has 2 heteroatoms. The third-order valence-electron chi connectivity index (χ3n) is 6.15. The van der Waals surface area contributed by atoms with Crippen LogP contribution in [0, 0.1) is 0 Å². The Hall–Kier alpha value is -4.82. The van der Waals surface area contributed by atoms with E-state index in [2.05, 4.69) is 72.8 Å². The van der Waals surface area contributed by atoms with Gasteiger partial charge >= 0.3 is 23.0 Å². The molecule has 6 aromatic rings. The third kappa shape index (κ3) is 4.57. The van der Waals surface area contributed by atoms with E-state index in [-0.39, 0.29) is 0 Å². The predicted octanol–water partition coefficient (Wildman–Crippen LogP) is 9.77. The monoisotopic (exact) mass is 464 g/mol. The molecule has 0 saturated carbocycles. The molecule has 36 heavy (non-hydrogen) atoms. The number of benzene rings is 4. The van der Waals surface area contributed by atoms with Crippen LogP contribution in [0.2, 0.25) is 0 Å². The van der Waals surface area contributed by atoms with Crippen molar-refractivity contribution in [3.8, 4) is 56.4 Å². The van der Waals surface area contributed by atoms with Crippen molar-refractivity contribution >= 4 is 0 Å². The van der Waals surface area contributed by atoms with Gasteiger partial charge in [-0.1, -0.05) is 72.8 Å². The highest BCUT2D eigenvalue weighted by Crippen LogP contribution is 2.37. The number of rotatable bonds is 5. The van der Waals surface area contributed by atoms with Crippen LogP contribution in [0.3, 0.4) is 0 Å². The van der Waals surface area contributed by atoms with Gasteiger partial charge in [0.1, 0.15) is 0 Å². The summed E-state index contributed by atoms with van der Waals surface area (Å²) >= 11 is 0. The van der Waals surface area contributed by atoms with Crippen molar-refractivity contribution in [1.29, 1.82) is 0 Å². The van der Waals surface area contributed by atoms with Crippen molar-refractivity contribution < 1.29 is 8.83 Å². The van der Waals surface area contributed by atoms with Crippen LogP contribution in [0.25, 0.3) is 56.4 Å². The van der Waals surface area contributed by atoms with E-state index in [1.165, 1.54) is 0 Å². The molecule has 2 aromatic heterocycles. The SMILES string of the molecule is c1ccc(-c2cc(-c3cc(-c4ccccc4)[o+]c(-c4ccccc4)c3)cc(-c3ccccc3)[o+]2)cc1. The first-order valence-corrected chi connectivity index (χ1v) is 12.0. The molecule has 0 radical (unpaired) electrons. The molecule has 6 rings (SSSR count). The van der Waals surface area contributed by atoms with Gasteiger partial charge in [0.2, 0.25) is 0 Å². The molecule has 0 N–H and O–H groups in total. The lowest BCUT2D eigenvalue weighted by Crippen LogP contribution is -1.89. The highest BCUT2D eigenvalue weighted by Gasteiger charge is 2.24. The van der Waals surface area contributed by atoms with Gasteiger partial charge in [0, 0.05) is 11.1 Å². The fourth-order valence-electron chi connectivity index (χ4n) is 4.32. The molecule has 0 unspecified atom stereocenters. The minimum absolute atomic E-state index is 0.815. The molecule has 0 aliphatic heterocycles. The van der Waals surface area contributed by atoms with Gasteiger partial charge in [-0.2, -0.15) is 0 Å². The van der Waals surface area contributed by atoms with Gasteiger partial charge in [-0.15, -0.1) is 0 Å². The molecule has 0 aliphatic carbocycles. The van der Waals surface area contributed by atoms with Gasteiger partial charge in [-0.25, -0.2) is 8.83 Å². The van der Waals surface area contributed by atoms with E-state index in [9.17, 15) is 0 Å². The zero-order valence-corrected chi connectivity index (χ0v) is 19.7. The number of hydrogen-bond acceptors (Lipinski definition) is 0. The smallest absolute Gasteiger partial charge is 0.207 e. The topological polar surface area (TPSA) is 22.6 Å². The highest BCUT2D eigenvalue weighted by molar-refractivity contribution is 5.79. The van der Waals surface area contributed by atoms with Crippen molar-refractivity contribution in [2.45, 2.75) is 0 Å². The zero-order valence-electron chi connectivity index (χ0n) is 19.7. The number of hydrogen-bond donors (Lipinski definition) is 0. The molecule has 2 nitrogen and oxygen atoms in total. The second kappa shape index (κ2) is 9.81. The van der Waals surface area contributed by atoms with E-state index >= 15 is 0 Å². The second-order valence-corrected chi connectivity index (χ2v) is 8.61. The standard InChI is InChI=1S/C34H24O2/c1-5-13-25(14-6-1)31-21-29(22-32(35-31)26-15-7-2-8-16-26)30-23-33(27-17-9-3-10-18-27)36-34(24-30)28-19-11-4-12-20-28/h1-24H/q+2. The van der Waals surface area contributed by atoms with Gasteiger partial charge in [0.15, 0.2) is 0 Å². The normalized spacial score (nSPS) is 10.8. The first-order chi connectivity index (χ1) is 17.8. The Balaban J connectivity index is 1.58. The van der Waals surface area contributed by atoms with Crippen molar-refractivity contribution in [3.63, 3.8) is 0 Å². The van der Waals surface area contributed by atoms with Crippen LogP contribution < -0.4 is 0 Å². The first-order valence-electron chi connectivity index (χ1n) is 12.0. The summed E-state index contributed by atoms with van der Waals surface area (Å²) in [4.78, 5) is 0. The molecule has 0 aliphatic rings. The molecule has 0 spiro atoms. The molecule has 2 heterocycles. The highest BCUT2D eigenvalue weighted by atomic mass is 16.3. The maximum atomic E-state index is 6.42. The van der Waals surface area contributed by atoms with Crippen LogP contribution in [0.4, 0.5) is 0 Å². The Morgan fingerprint density at radius 2 is 0.472 bits per heavy atom. The van der Waals surface area contributed by atoms with Crippen LogP contribution in [-0.4, -0.2) is 0 Å². The quantitative estimate of drug-likeness (QED) is 0.237. The Bertz CT molecular complexity index is 1350. The molecule has 4 aromatic carbocycles. The predicted molar refractivity (Wildman–Crippen MR) is 147 cm³/mol. The summed E-state index contributed by atoms with van der Waals surface area (Å²) in [5, 5.41) is 0. The van der Waals surface area contributed by atoms with Crippen molar-refractivity contribution in [3.05, 3.63) is 146 Å².